The molecule has 0 aliphatic heterocycles. The summed E-state index contributed by atoms with van der Waals surface area (Å²) in [4.78, 5) is 25.5. The van der Waals surface area contributed by atoms with Crippen molar-refractivity contribution in [3.8, 4) is 5.75 Å². The van der Waals surface area contributed by atoms with E-state index in [2.05, 4.69) is 20.9 Å². The Kier molecular flexibility index (Phi) is 2.78. The van der Waals surface area contributed by atoms with E-state index in [4.69, 9.17) is 4.74 Å². The fourth-order valence-corrected chi connectivity index (χ4v) is 1.73. The van der Waals surface area contributed by atoms with Gasteiger partial charge < -0.3 is 9.72 Å². The summed E-state index contributed by atoms with van der Waals surface area (Å²) in [5.41, 5.74) is 1.13. The Labute approximate surface area is 99.7 Å². The normalized spacial score (nSPS) is 10.4. The Balaban J connectivity index is 2.62. The molecule has 4 nitrogen and oxygen atoms in total. The number of carbonyl (C=O) groups is 2. The largest absolute Gasteiger partial charge is 0.497 e. The summed E-state index contributed by atoms with van der Waals surface area (Å²) in [6.45, 7) is 0. The van der Waals surface area contributed by atoms with Gasteiger partial charge in [0.1, 0.15) is 5.75 Å². The number of aromatic amines is 1. The zero-order valence-electron chi connectivity index (χ0n) is 8.41. The van der Waals surface area contributed by atoms with Gasteiger partial charge in [-0.15, -0.1) is 0 Å². The molecule has 1 N–H and O–H groups in total. The summed E-state index contributed by atoms with van der Waals surface area (Å²) in [6.07, 6.45) is 1.52. The molecule has 0 saturated heterocycles. The lowest BCUT2D eigenvalue weighted by molar-refractivity contribution is -0.106. The number of ether oxygens (including phenoxy) is 1. The van der Waals surface area contributed by atoms with Gasteiger partial charge in [0, 0.05) is 33.0 Å². The molecule has 0 unspecified atom stereocenters. The predicted molar refractivity (Wildman–Crippen MR) is 63.1 cm³/mol. The number of hydrogen-bond acceptors (Lipinski definition) is 3. The van der Waals surface area contributed by atoms with Crippen LogP contribution in [0, 0.1) is 0 Å². The number of hydrogen-bond donors (Lipinski definition) is 1. The molecule has 16 heavy (non-hydrogen) atoms. The Bertz CT molecular complexity index is 574. The van der Waals surface area contributed by atoms with Gasteiger partial charge in [0.05, 0.1) is 12.7 Å². The number of aromatic nitrogens is 1. The summed E-state index contributed by atoms with van der Waals surface area (Å²) < 4.78 is 4.41. The van der Waals surface area contributed by atoms with E-state index in [9.17, 15) is 9.59 Å². The Hall–Kier alpha value is -1.62. The number of methoxy groups -OCH3 is 1. The topological polar surface area (TPSA) is 59.2 Å². The maximum atomic E-state index is 11.6. The molecule has 5 heteroatoms. The second-order valence-corrected chi connectivity index (χ2v) is 3.94. The molecular weight excluding hydrogens is 274 g/mol. The number of fused-ring (bicyclic) bond motifs is 1. The van der Waals surface area contributed by atoms with Crippen LogP contribution < -0.4 is 4.74 Å². The van der Waals surface area contributed by atoms with Crippen LogP contribution in [0.5, 0.6) is 5.75 Å². The molecule has 1 heterocycles. The van der Waals surface area contributed by atoms with E-state index >= 15 is 0 Å². The highest BCUT2D eigenvalue weighted by molar-refractivity contribution is 9.19. The van der Waals surface area contributed by atoms with Gasteiger partial charge in [-0.05, 0) is 18.2 Å². The van der Waals surface area contributed by atoms with E-state index < -0.39 is 10.5 Å². The lowest BCUT2D eigenvalue weighted by Gasteiger charge is -1.99. The number of Topliss-reactive ketones (excluding diaryl/α,β-unsaturated/α-hetero) is 1. The third-order valence-electron chi connectivity index (χ3n) is 2.31. The van der Waals surface area contributed by atoms with Crippen molar-refractivity contribution in [1.29, 1.82) is 0 Å². The molecule has 2 rings (SSSR count). The highest BCUT2D eigenvalue weighted by Gasteiger charge is 2.17. The zero-order chi connectivity index (χ0) is 11.7. The molecule has 0 fully saturated rings. The van der Waals surface area contributed by atoms with Crippen LogP contribution in [-0.4, -0.2) is 22.6 Å². The minimum absolute atomic E-state index is 0.343. The van der Waals surface area contributed by atoms with E-state index in [-0.39, 0.29) is 0 Å². The molecule has 0 amide bonds. The predicted octanol–water partition coefficient (Wildman–Crippen LogP) is 2.28. The first-order valence-electron chi connectivity index (χ1n) is 4.52. The maximum Gasteiger partial charge on any atom is 0.268 e. The van der Waals surface area contributed by atoms with Crippen LogP contribution in [0.25, 0.3) is 10.9 Å². The summed E-state index contributed by atoms with van der Waals surface area (Å²) in [5, 5.41) is 0.678. The Morgan fingerprint density at radius 3 is 2.75 bits per heavy atom. The van der Waals surface area contributed by atoms with Crippen molar-refractivity contribution in [2.45, 2.75) is 0 Å². The minimum Gasteiger partial charge on any atom is -0.497 e. The third-order valence-corrected chi connectivity index (χ3v) is 2.67. The van der Waals surface area contributed by atoms with E-state index in [0.717, 1.165) is 5.52 Å². The summed E-state index contributed by atoms with van der Waals surface area (Å²) in [7, 11) is 1.55. The Morgan fingerprint density at radius 1 is 1.38 bits per heavy atom. The number of H-pyrrole nitrogens is 1. The van der Waals surface area contributed by atoms with Gasteiger partial charge in [-0.25, -0.2) is 0 Å². The molecule has 0 bridgehead atoms. The molecule has 1 aromatic heterocycles. The molecule has 82 valence electrons. The molecule has 0 aliphatic rings. The van der Waals surface area contributed by atoms with E-state index in [1.807, 2.05) is 0 Å². The van der Waals surface area contributed by atoms with Gasteiger partial charge in [-0.3, -0.25) is 9.59 Å². The lowest BCUT2D eigenvalue weighted by atomic mass is 10.1. The summed E-state index contributed by atoms with van der Waals surface area (Å²) >= 11 is 2.65. The number of carbonyl (C=O) groups excluding carboxylic acids is 2. The van der Waals surface area contributed by atoms with Gasteiger partial charge in [-0.1, -0.05) is 0 Å². The first kappa shape index (κ1) is 10.9. The number of nitrogens with one attached hydrogen (secondary N) is 1. The zero-order valence-corrected chi connectivity index (χ0v) is 10.00. The first-order chi connectivity index (χ1) is 7.63. The van der Waals surface area contributed by atoms with E-state index in [1.165, 1.54) is 6.20 Å². The molecule has 0 saturated carbocycles. The number of ketones is 1. The second-order valence-electron chi connectivity index (χ2n) is 3.22. The molecule has 0 aliphatic carbocycles. The summed E-state index contributed by atoms with van der Waals surface area (Å²) in [6, 6.07) is 5.29. The van der Waals surface area contributed by atoms with Gasteiger partial charge in [0.2, 0.25) is 5.78 Å². The minimum atomic E-state index is -0.656. The van der Waals surface area contributed by atoms with Crippen molar-refractivity contribution in [2.75, 3.05) is 7.11 Å². The van der Waals surface area contributed by atoms with Crippen molar-refractivity contribution < 1.29 is 14.3 Å². The fraction of sp³-hybridized carbons (Fsp3) is 0.0909. The SMILES string of the molecule is COc1ccc2[nH]cc(C(=O)C(=O)Br)c2c1. The smallest absolute Gasteiger partial charge is 0.268 e. The van der Waals surface area contributed by atoms with Crippen LogP contribution >= 0.6 is 15.9 Å². The number of rotatable bonds is 3. The van der Waals surface area contributed by atoms with Crippen molar-refractivity contribution >= 4 is 37.3 Å². The van der Waals surface area contributed by atoms with Crippen LogP contribution in [0.2, 0.25) is 0 Å². The van der Waals surface area contributed by atoms with Crippen LogP contribution in [0.1, 0.15) is 10.4 Å². The van der Waals surface area contributed by atoms with Gasteiger partial charge in [0.25, 0.3) is 4.69 Å². The quantitative estimate of drug-likeness (QED) is 0.533. The highest BCUT2D eigenvalue weighted by Crippen LogP contribution is 2.24. The van der Waals surface area contributed by atoms with Crippen molar-refractivity contribution in [3.63, 3.8) is 0 Å². The molecule has 0 atom stereocenters. The Morgan fingerprint density at radius 2 is 2.12 bits per heavy atom. The average Bonchev–Trinajstić information content (AvgIpc) is 2.70. The van der Waals surface area contributed by atoms with Crippen LogP contribution in [0.3, 0.4) is 0 Å². The van der Waals surface area contributed by atoms with Crippen LogP contribution in [0.15, 0.2) is 24.4 Å². The molecule has 1 aromatic carbocycles. The van der Waals surface area contributed by atoms with Crippen molar-refractivity contribution in [1.82, 2.24) is 4.98 Å². The molecule has 0 spiro atoms. The van der Waals surface area contributed by atoms with Gasteiger partial charge in [-0.2, -0.15) is 0 Å². The lowest BCUT2D eigenvalue weighted by Crippen LogP contribution is -2.05. The highest BCUT2D eigenvalue weighted by atomic mass is 79.9. The van der Waals surface area contributed by atoms with Crippen LogP contribution in [-0.2, 0) is 4.79 Å². The fourth-order valence-electron chi connectivity index (χ4n) is 1.52. The third kappa shape index (κ3) is 1.74. The summed E-state index contributed by atoms with van der Waals surface area (Å²) in [5.74, 6) is 0.0719. The number of benzene rings is 1. The standard InChI is InChI=1S/C11H8BrNO3/c1-16-6-2-3-9-7(4-6)8(5-13-9)10(14)11(12)15/h2-5,13H,1H3. The van der Waals surface area contributed by atoms with Gasteiger partial charge >= 0.3 is 0 Å². The first-order valence-corrected chi connectivity index (χ1v) is 5.32. The number of halogens is 1. The molecule has 2 aromatic rings. The maximum absolute atomic E-state index is 11.6. The average molecular weight is 282 g/mol. The molecule has 0 radical (unpaired) electrons. The second kappa shape index (κ2) is 4.09. The van der Waals surface area contributed by atoms with Gasteiger partial charge in [0.15, 0.2) is 0 Å². The van der Waals surface area contributed by atoms with Crippen LogP contribution in [0.4, 0.5) is 0 Å². The van der Waals surface area contributed by atoms with E-state index in [0.29, 0.717) is 16.7 Å². The van der Waals surface area contributed by atoms with Crippen molar-refractivity contribution in [3.05, 3.63) is 30.0 Å². The van der Waals surface area contributed by atoms with Crippen molar-refractivity contribution in [2.24, 2.45) is 0 Å². The molecular formula is C11H8BrNO3. The monoisotopic (exact) mass is 281 g/mol. The van der Waals surface area contributed by atoms with E-state index in [1.54, 1.807) is 25.3 Å².